The van der Waals surface area contributed by atoms with Gasteiger partial charge in [0, 0.05) is 24.5 Å². The Labute approximate surface area is 197 Å². The zero-order valence-corrected chi connectivity index (χ0v) is 19.9. The molecule has 0 saturated carbocycles. The molecular weight excluding hydrogens is 424 g/mol. The van der Waals surface area contributed by atoms with Crippen LogP contribution in [-0.2, 0) is 16.0 Å². The van der Waals surface area contributed by atoms with E-state index >= 15 is 0 Å². The number of amides is 2. The second-order valence-corrected chi connectivity index (χ2v) is 8.23. The van der Waals surface area contributed by atoms with E-state index in [1.807, 2.05) is 49.4 Å². The van der Waals surface area contributed by atoms with Crippen LogP contribution in [0.1, 0.15) is 51.5 Å². The van der Waals surface area contributed by atoms with Crippen molar-refractivity contribution in [1.82, 2.24) is 10.2 Å². The molecule has 2 aromatic rings. The predicted octanol–water partition coefficient (Wildman–Crippen LogP) is 5.27. The minimum absolute atomic E-state index is 0.0156. The van der Waals surface area contributed by atoms with Crippen molar-refractivity contribution < 1.29 is 14.3 Å². The number of ether oxygens (including phenoxy) is 1. The molecule has 0 aliphatic rings. The third-order valence-electron chi connectivity index (χ3n) is 5.32. The van der Waals surface area contributed by atoms with Crippen LogP contribution < -0.4 is 10.1 Å². The van der Waals surface area contributed by atoms with Gasteiger partial charge >= 0.3 is 0 Å². The first-order valence-corrected chi connectivity index (χ1v) is 11.9. The van der Waals surface area contributed by atoms with Crippen molar-refractivity contribution >= 4 is 23.4 Å². The Morgan fingerprint density at radius 3 is 2.41 bits per heavy atom. The zero-order valence-electron chi connectivity index (χ0n) is 19.2. The van der Waals surface area contributed by atoms with Gasteiger partial charge in [0.25, 0.3) is 0 Å². The highest BCUT2D eigenvalue weighted by atomic mass is 35.5. The molecule has 0 aliphatic carbocycles. The first-order valence-electron chi connectivity index (χ1n) is 11.5. The normalized spacial score (nSPS) is 11.6. The molecule has 2 amide bonds. The number of nitrogens with zero attached hydrogens (tertiary/aromatic N) is 1. The summed E-state index contributed by atoms with van der Waals surface area (Å²) < 4.78 is 5.71. The lowest BCUT2D eigenvalue weighted by Crippen LogP contribution is -2.50. The molecule has 0 aromatic heterocycles. The SMILES string of the molecule is CCCCNC(=O)C(CC)N(CCc1ccccc1)C(=O)CCCOc1ccc(Cl)cc1. The van der Waals surface area contributed by atoms with Gasteiger partial charge in [-0.15, -0.1) is 0 Å². The molecule has 1 atom stereocenters. The molecule has 0 saturated heterocycles. The molecule has 174 valence electrons. The van der Waals surface area contributed by atoms with Crippen molar-refractivity contribution in [3.8, 4) is 5.75 Å². The Bertz CT molecular complexity index is 812. The van der Waals surface area contributed by atoms with E-state index in [1.54, 1.807) is 17.0 Å². The monoisotopic (exact) mass is 458 g/mol. The minimum Gasteiger partial charge on any atom is -0.494 e. The summed E-state index contributed by atoms with van der Waals surface area (Å²) >= 11 is 5.89. The van der Waals surface area contributed by atoms with Crippen molar-refractivity contribution in [2.75, 3.05) is 19.7 Å². The number of carbonyl (C=O) groups is 2. The summed E-state index contributed by atoms with van der Waals surface area (Å²) in [6.45, 7) is 5.63. The average Bonchev–Trinajstić information content (AvgIpc) is 2.81. The second-order valence-electron chi connectivity index (χ2n) is 7.80. The molecule has 0 aliphatic heterocycles. The van der Waals surface area contributed by atoms with E-state index in [0.29, 0.717) is 50.4 Å². The van der Waals surface area contributed by atoms with E-state index in [4.69, 9.17) is 16.3 Å². The lowest BCUT2D eigenvalue weighted by molar-refractivity contribution is -0.140. The Kier molecular flexibility index (Phi) is 11.7. The third kappa shape index (κ3) is 8.91. The lowest BCUT2D eigenvalue weighted by Gasteiger charge is -2.30. The van der Waals surface area contributed by atoms with Crippen LogP contribution in [0.3, 0.4) is 0 Å². The molecule has 1 unspecified atom stereocenters. The van der Waals surface area contributed by atoms with Crippen LogP contribution in [0.2, 0.25) is 5.02 Å². The maximum absolute atomic E-state index is 13.1. The quantitative estimate of drug-likeness (QED) is 0.392. The van der Waals surface area contributed by atoms with Crippen molar-refractivity contribution in [2.24, 2.45) is 0 Å². The number of carbonyl (C=O) groups excluding carboxylic acids is 2. The molecule has 1 N–H and O–H groups in total. The molecule has 0 fully saturated rings. The third-order valence-corrected chi connectivity index (χ3v) is 5.57. The molecule has 5 nitrogen and oxygen atoms in total. The summed E-state index contributed by atoms with van der Waals surface area (Å²) in [5.74, 6) is 0.641. The molecule has 6 heteroatoms. The smallest absolute Gasteiger partial charge is 0.242 e. The molecule has 0 radical (unpaired) electrons. The number of hydrogen-bond donors (Lipinski definition) is 1. The molecule has 0 heterocycles. The molecule has 0 spiro atoms. The van der Waals surface area contributed by atoms with Crippen LogP contribution in [0.15, 0.2) is 54.6 Å². The van der Waals surface area contributed by atoms with Crippen LogP contribution in [0, 0.1) is 0 Å². The number of benzene rings is 2. The van der Waals surface area contributed by atoms with Crippen LogP contribution in [0.25, 0.3) is 0 Å². The van der Waals surface area contributed by atoms with Gasteiger partial charge in [0.2, 0.25) is 11.8 Å². The van der Waals surface area contributed by atoms with E-state index in [9.17, 15) is 9.59 Å². The van der Waals surface area contributed by atoms with Gasteiger partial charge in [0.1, 0.15) is 11.8 Å². The highest BCUT2D eigenvalue weighted by Gasteiger charge is 2.27. The zero-order chi connectivity index (χ0) is 23.2. The second kappa shape index (κ2) is 14.5. The van der Waals surface area contributed by atoms with E-state index in [-0.39, 0.29) is 11.8 Å². The van der Waals surface area contributed by atoms with Gasteiger partial charge in [0.05, 0.1) is 6.61 Å². The van der Waals surface area contributed by atoms with Gasteiger partial charge in [0.15, 0.2) is 0 Å². The summed E-state index contributed by atoms with van der Waals surface area (Å²) in [6, 6.07) is 16.8. The lowest BCUT2D eigenvalue weighted by atomic mass is 10.1. The first-order chi connectivity index (χ1) is 15.5. The number of hydrogen-bond acceptors (Lipinski definition) is 3. The van der Waals surface area contributed by atoms with Crippen LogP contribution in [-0.4, -0.2) is 42.5 Å². The number of unbranched alkanes of at least 4 members (excludes halogenated alkanes) is 1. The van der Waals surface area contributed by atoms with E-state index in [1.165, 1.54) is 0 Å². The van der Waals surface area contributed by atoms with Gasteiger partial charge in [-0.25, -0.2) is 0 Å². The van der Waals surface area contributed by atoms with Crippen molar-refractivity contribution in [3.05, 3.63) is 65.2 Å². The van der Waals surface area contributed by atoms with Crippen LogP contribution in [0.5, 0.6) is 5.75 Å². The van der Waals surface area contributed by atoms with E-state index < -0.39 is 6.04 Å². The summed E-state index contributed by atoms with van der Waals surface area (Å²) in [7, 11) is 0. The van der Waals surface area contributed by atoms with Crippen molar-refractivity contribution in [2.45, 2.75) is 58.4 Å². The van der Waals surface area contributed by atoms with Crippen LogP contribution >= 0.6 is 11.6 Å². The standard InChI is InChI=1S/C26H35ClN2O3/c1-3-5-18-28-26(31)24(4-2)29(19-17-21-10-7-6-8-11-21)25(30)12-9-20-32-23-15-13-22(27)14-16-23/h6-8,10-11,13-16,24H,3-5,9,12,17-20H2,1-2H3,(H,28,31). The molecular formula is C26H35ClN2O3. The average molecular weight is 459 g/mol. The predicted molar refractivity (Wildman–Crippen MR) is 130 cm³/mol. The first kappa shape index (κ1) is 25.7. The largest absolute Gasteiger partial charge is 0.494 e. The number of halogens is 1. The molecule has 0 bridgehead atoms. The van der Waals surface area contributed by atoms with Gasteiger partial charge in [-0.3, -0.25) is 9.59 Å². The van der Waals surface area contributed by atoms with Gasteiger partial charge in [-0.1, -0.05) is 62.2 Å². The highest BCUT2D eigenvalue weighted by molar-refractivity contribution is 6.30. The fourth-order valence-electron chi connectivity index (χ4n) is 3.49. The fraction of sp³-hybridized carbons (Fsp3) is 0.462. The maximum Gasteiger partial charge on any atom is 0.242 e. The molecule has 32 heavy (non-hydrogen) atoms. The number of nitrogens with one attached hydrogen (secondary N) is 1. The summed E-state index contributed by atoms with van der Waals surface area (Å²) in [5.41, 5.74) is 1.15. The van der Waals surface area contributed by atoms with Crippen molar-refractivity contribution in [1.29, 1.82) is 0 Å². The summed E-state index contributed by atoms with van der Waals surface area (Å²) in [4.78, 5) is 27.7. The number of rotatable bonds is 14. The minimum atomic E-state index is -0.458. The van der Waals surface area contributed by atoms with Crippen LogP contribution in [0.4, 0.5) is 0 Å². The molecule has 2 rings (SSSR count). The summed E-state index contributed by atoms with van der Waals surface area (Å²) in [5, 5.41) is 3.65. The maximum atomic E-state index is 13.1. The van der Waals surface area contributed by atoms with E-state index in [0.717, 1.165) is 24.2 Å². The Morgan fingerprint density at radius 2 is 1.75 bits per heavy atom. The van der Waals surface area contributed by atoms with Gasteiger partial charge < -0.3 is 15.0 Å². The van der Waals surface area contributed by atoms with Crippen molar-refractivity contribution in [3.63, 3.8) is 0 Å². The van der Waals surface area contributed by atoms with Gasteiger partial charge in [-0.05, 0) is 55.5 Å². The fourth-order valence-corrected chi connectivity index (χ4v) is 3.62. The summed E-state index contributed by atoms with van der Waals surface area (Å²) in [6.07, 6.45) is 4.16. The Morgan fingerprint density at radius 1 is 1.03 bits per heavy atom. The molecule has 2 aromatic carbocycles. The van der Waals surface area contributed by atoms with E-state index in [2.05, 4.69) is 12.2 Å². The van der Waals surface area contributed by atoms with Gasteiger partial charge in [-0.2, -0.15) is 0 Å². The topological polar surface area (TPSA) is 58.6 Å². The highest BCUT2D eigenvalue weighted by Crippen LogP contribution is 2.16. The Hall–Kier alpha value is -2.53. The Balaban J connectivity index is 1.96.